The Morgan fingerprint density at radius 1 is 0.968 bits per heavy atom. The fourth-order valence-electron chi connectivity index (χ4n) is 3.67. The van der Waals surface area contributed by atoms with Crippen molar-refractivity contribution in [3.8, 4) is 11.3 Å². The number of amides is 2. The maximum Gasteiger partial charge on any atom is 0.289 e. The maximum atomic E-state index is 13.3. The molecule has 0 radical (unpaired) electrons. The molecule has 4 heterocycles. The Hall–Kier alpha value is -4.01. The van der Waals surface area contributed by atoms with Crippen LogP contribution in [0.25, 0.3) is 16.9 Å². The van der Waals surface area contributed by atoms with Gasteiger partial charge in [-0.15, -0.1) is 0 Å². The molecule has 3 aromatic heterocycles. The first-order chi connectivity index (χ1) is 15.1. The SMILES string of the molecule is O=C(c1cn2ccnc(-c3ccc(F)cc3)c2n1)N1CCN(C(=O)c2ccco2)CC1. The Bertz CT molecular complexity index is 1240. The number of benzene rings is 1. The molecule has 31 heavy (non-hydrogen) atoms. The number of halogens is 1. The molecule has 0 bridgehead atoms. The molecule has 1 aliphatic rings. The van der Waals surface area contributed by atoms with E-state index in [1.807, 2.05) is 0 Å². The number of carbonyl (C=O) groups is 2. The van der Waals surface area contributed by atoms with Crippen molar-refractivity contribution < 1.29 is 18.4 Å². The van der Waals surface area contributed by atoms with E-state index in [9.17, 15) is 14.0 Å². The number of nitrogens with zero attached hydrogens (tertiary/aromatic N) is 5. The van der Waals surface area contributed by atoms with E-state index in [0.717, 1.165) is 0 Å². The predicted octanol–water partition coefficient (Wildman–Crippen LogP) is 2.73. The topological polar surface area (TPSA) is 84.0 Å². The van der Waals surface area contributed by atoms with Gasteiger partial charge in [0.15, 0.2) is 11.4 Å². The Morgan fingerprint density at radius 2 is 1.68 bits per heavy atom. The summed E-state index contributed by atoms with van der Waals surface area (Å²) < 4.78 is 20.2. The number of hydrogen-bond donors (Lipinski definition) is 0. The monoisotopic (exact) mass is 419 g/mol. The third kappa shape index (κ3) is 3.54. The molecule has 1 aromatic carbocycles. The second-order valence-corrected chi connectivity index (χ2v) is 7.20. The van der Waals surface area contributed by atoms with Gasteiger partial charge in [-0.1, -0.05) is 0 Å². The lowest BCUT2D eigenvalue weighted by atomic mass is 10.1. The molecule has 5 rings (SSSR count). The highest BCUT2D eigenvalue weighted by molar-refractivity contribution is 5.94. The van der Waals surface area contributed by atoms with Gasteiger partial charge in [0, 0.05) is 50.3 Å². The molecular weight excluding hydrogens is 401 g/mol. The number of piperazine rings is 1. The minimum absolute atomic E-state index is 0.181. The molecule has 0 atom stereocenters. The molecule has 1 aliphatic heterocycles. The van der Waals surface area contributed by atoms with E-state index < -0.39 is 0 Å². The quantitative estimate of drug-likeness (QED) is 0.510. The molecule has 0 unspecified atom stereocenters. The Morgan fingerprint density at radius 3 is 2.35 bits per heavy atom. The lowest BCUT2D eigenvalue weighted by Crippen LogP contribution is -2.50. The zero-order valence-electron chi connectivity index (χ0n) is 16.4. The molecule has 1 fully saturated rings. The van der Waals surface area contributed by atoms with E-state index in [0.29, 0.717) is 54.5 Å². The van der Waals surface area contributed by atoms with Gasteiger partial charge >= 0.3 is 0 Å². The summed E-state index contributed by atoms with van der Waals surface area (Å²) in [6.45, 7) is 1.65. The lowest BCUT2D eigenvalue weighted by molar-refractivity contribution is 0.0515. The number of aromatic nitrogens is 3. The number of rotatable bonds is 3. The van der Waals surface area contributed by atoms with Gasteiger partial charge < -0.3 is 18.6 Å². The van der Waals surface area contributed by atoms with Crippen molar-refractivity contribution >= 4 is 17.5 Å². The van der Waals surface area contributed by atoms with Gasteiger partial charge in [0.05, 0.1) is 6.26 Å². The molecule has 0 aliphatic carbocycles. The second kappa shape index (κ2) is 7.67. The van der Waals surface area contributed by atoms with Crippen LogP contribution in [0.15, 0.2) is 65.7 Å². The van der Waals surface area contributed by atoms with Crippen LogP contribution in [0.3, 0.4) is 0 Å². The standard InChI is InChI=1S/C22H18FN5O3/c23-16-5-3-15(4-6-16)19-20-25-17(14-28(20)8-7-24-19)21(29)26-9-11-27(12-10-26)22(30)18-2-1-13-31-18/h1-8,13-14H,9-12H2. The summed E-state index contributed by atoms with van der Waals surface area (Å²) in [5.41, 5.74) is 2.09. The number of fused-ring (bicyclic) bond motifs is 1. The van der Waals surface area contributed by atoms with Gasteiger partial charge in [0.25, 0.3) is 11.8 Å². The third-order valence-electron chi connectivity index (χ3n) is 5.30. The first kappa shape index (κ1) is 19.0. The fourth-order valence-corrected chi connectivity index (χ4v) is 3.67. The molecule has 2 amide bonds. The third-order valence-corrected chi connectivity index (χ3v) is 5.30. The molecule has 0 saturated carbocycles. The van der Waals surface area contributed by atoms with Crippen molar-refractivity contribution in [3.05, 3.63) is 78.5 Å². The van der Waals surface area contributed by atoms with Crippen molar-refractivity contribution in [3.63, 3.8) is 0 Å². The Kier molecular flexibility index (Phi) is 4.70. The van der Waals surface area contributed by atoms with Gasteiger partial charge in [-0.3, -0.25) is 14.6 Å². The van der Waals surface area contributed by atoms with Crippen LogP contribution in [0.2, 0.25) is 0 Å². The molecule has 8 nitrogen and oxygen atoms in total. The fraction of sp³-hybridized carbons (Fsp3) is 0.182. The number of furan rings is 1. The molecule has 1 saturated heterocycles. The Labute approximate surface area is 176 Å². The van der Waals surface area contributed by atoms with Gasteiger partial charge in [-0.25, -0.2) is 9.37 Å². The summed E-state index contributed by atoms with van der Waals surface area (Å²) in [5.74, 6) is -0.431. The van der Waals surface area contributed by atoms with Crippen molar-refractivity contribution in [2.24, 2.45) is 0 Å². The maximum absolute atomic E-state index is 13.3. The molecule has 0 N–H and O–H groups in total. The summed E-state index contributed by atoms with van der Waals surface area (Å²) in [7, 11) is 0. The van der Waals surface area contributed by atoms with Crippen LogP contribution in [0.1, 0.15) is 21.0 Å². The second-order valence-electron chi connectivity index (χ2n) is 7.20. The number of carbonyl (C=O) groups excluding carboxylic acids is 2. The number of hydrogen-bond acceptors (Lipinski definition) is 5. The zero-order chi connectivity index (χ0) is 21.4. The summed E-state index contributed by atoms with van der Waals surface area (Å²) in [6.07, 6.45) is 6.45. The van der Waals surface area contributed by atoms with E-state index >= 15 is 0 Å². The van der Waals surface area contributed by atoms with E-state index in [1.54, 1.807) is 57.1 Å². The minimum Gasteiger partial charge on any atom is -0.459 e. The highest BCUT2D eigenvalue weighted by Gasteiger charge is 2.28. The summed E-state index contributed by atoms with van der Waals surface area (Å²) in [4.78, 5) is 37.6. The van der Waals surface area contributed by atoms with Crippen molar-refractivity contribution in [1.82, 2.24) is 24.2 Å². The van der Waals surface area contributed by atoms with Crippen LogP contribution in [0, 0.1) is 5.82 Å². The summed E-state index contributed by atoms with van der Waals surface area (Å²) >= 11 is 0. The van der Waals surface area contributed by atoms with Crippen LogP contribution in [0.4, 0.5) is 4.39 Å². The average Bonchev–Trinajstić information content (AvgIpc) is 3.49. The van der Waals surface area contributed by atoms with Crippen LogP contribution < -0.4 is 0 Å². The normalized spacial score (nSPS) is 14.2. The van der Waals surface area contributed by atoms with E-state index in [-0.39, 0.29) is 17.6 Å². The molecular formula is C22H18FN5O3. The predicted molar refractivity (Wildman–Crippen MR) is 109 cm³/mol. The summed E-state index contributed by atoms with van der Waals surface area (Å²) in [6, 6.07) is 9.28. The van der Waals surface area contributed by atoms with Crippen molar-refractivity contribution in [2.75, 3.05) is 26.2 Å². The van der Waals surface area contributed by atoms with Crippen LogP contribution in [-0.4, -0.2) is 62.2 Å². The van der Waals surface area contributed by atoms with E-state index in [2.05, 4.69) is 9.97 Å². The highest BCUT2D eigenvalue weighted by Crippen LogP contribution is 2.22. The van der Waals surface area contributed by atoms with Crippen LogP contribution in [-0.2, 0) is 0 Å². The smallest absolute Gasteiger partial charge is 0.289 e. The van der Waals surface area contributed by atoms with E-state index in [1.165, 1.54) is 18.4 Å². The highest BCUT2D eigenvalue weighted by atomic mass is 19.1. The largest absolute Gasteiger partial charge is 0.459 e. The Balaban J connectivity index is 1.34. The molecule has 4 aromatic rings. The van der Waals surface area contributed by atoms with Gasteiger partial charge in [-0.2, -0.15) is 0 Å². The van der Waals surface area contributed by atoms with Gasteiger partial charge in [0.1, 0.15) is 17.2 Å². The first-order valence-corrected chi connectivity index (χ1v) is 9.82. The average molecular weight is 419 g/mol. The lowest BCUT2D eigenvalue weighted by Gasteiger charge is -2.33. The van der Waals surface area contributed by atoms with Gasteiger partial charge in [0.2, 0.25) is 0 Å². The van der Waals surface area contributed by atoms with Crippen molar-refractivity contribution in [1.29, 1.82) is 0 Å². The number of imidazole rings is 1. The first-order valence-electron chi connectivity index (χ1n) is 9.82. The molecule has 156 valence electrons. The summed E-state index contributed by atoms with van der Waals surface area (Å²) in [5, 5.41) is 0. The molecule has 9 heteroatoms. The van der Waals surface area contributed by atoms with Crippen LogP contribution in [0.5, 0.6) is 0 Å². The van der Waals surface area contributed by atoms with Gasteiger partial charge in [-0.05, 0) is 36.4 Å². The van der Waals surface area contributed by atoms with Crippen molar-refractivity contribution in [2.45, 2.75) is 0 Å². The zero-order valence-corrected chi connectivity index (χ0v) is 16.4. The van der Waals surface area contributed by atoms with Crippen LogP contribution >= 0.6 is 0 Å². The molecule has 0 spiro atoms. The minimum atomic E-state index is -0.334. The van der Waals surface area contributed by atoms with E-state index in [4.69, 9.17) is 4.42 Å².